The van der Waals surface area contributed by atoms with E-state index in [9.17, 15) is 0 Å². The summed E-state index contributed by atoms with van der Waals surface area (Å²) in [5.74, 6) is 0.590. The number of nitrogens with one attached hydrogen (secondary N) is 1. The molecule has 0 aliphatic heterocycles. The largest absolute Gasteiger partial charge is 0.328 e. The predicted octanol–water partition coefficient (Wildman–Crippen LogP) is 1.75. The van der Waals surface area contributed by atoms with Gasteiger partial charge in [-0.1, -0.05) is 13.8 Å². The van der Waals surface area contributed by atoms with Crippen molar-refractivity contribution in [2.75, 3.05) is 13.1 Å². The van der Waals surface area contributed by atoms with Gasteiger partial charge in [-0.05, 0) is 44.1 Å². The molecule has 1 fully saturated rings. The third-order valence-electron chi connectivity index (χ3n) is 3.57. The summed E-state index contributed by atoms with van der Waals surface area (Å²) in [6.07, 6.45) is 4.17. The van der Waals surface area contributed by atoms with Gasteiger partial charge in [0.25, 0.3) is 0 Å². The molecular weight excluding hydrogens is 160 g/mol. The van der Waals surface area contributed by atoms with Gasteiger partial charge in [-0.25, -0.2) is 0 Å². The second kappa shape index (κ2) is 4.43. The minimum atomic E-state index is 0.310. The van der Waals surface area contributed by atoms with E-state index in [0.29, 0.717) is 17.4 Å². The van der Waals surface area contributed by atoms with Crippen LogP contribution in [-0.4, -0.2) is 19.1 Å². The van der Waals surface area contributed by atoms with Crippen molar-refractivity contribution in [1.82, 2.24) is 5.32 Å². The fourth-order valence-corrected chi connectivity index (χ4v) is 1.58. The highest BCUT2D eigenvalue weighted by Crippen LogP contribution is 2.47. The summed E-state index contributed by atoms with van der Waals surface area (Å²) in [4.78, 5) is 0. The van der Waals surface area contributed by atoms with Gasteiger partial charge in [-0.15, -0.1) is 0 Å². The van der Waals surface area contributed by atoms with Gasteiger partial charge in [0.05, 0.1) is 0 Å². The summed E-state index contributed by atoms with van der Waals surface area (Å²) in [7, 11) is 0. The van der Waals surface area contributed by atoms with Gasteiger partial charge >= 0.3 is 0 Å². The summed E-state index contributed by atoms with van der Waals surface area (Å²) in [6, 6.07) is 0.310. The second-order valence-corrected chi connectivity index (χ2v) is 4.82. The zero-order valence-electron chi connectivity index (χ0n) is 9.27. The molecule has 0 aromatic carbocycles. The lowest BCUT2D eigenvalue weighted by molar-refractivity contribution is 0.391. The SMILES string of the molecule is CCC1(CNCC(C)C(C)N)CC1. The van der Waals surface area contributed by atoms with Gasteiger partial charge in [0.15, 0.2) is 0 Å². The smallest absolute Gasteiger partial charge is 0.00482 e. The van der Waals surface area contributed by atoms with Crippen molar-refractivity contribution >= 4 is 0 Å². The Hall–Kier alpha value is -0.0800. The molecule has 0 aromatic rings. The van der Waals surface area contributed by atoms with Gasteiger partial charge in [0.2, 0.25) is 0 Å². The summed E-state index contributed by atoms with van der Waals surface area (Å²) in [6.45, 7) is 8.85. The van der Waals surface area contributed by atoms with Crippen molar-refractivity contribution in [3.8, 4) is 0 Å². The molecule has 2 nitrogen and oxygen atoms in total. The molecule has 0 spiro atoms. The normalized spacial score (nSPS) is 24.0. The number of hydrogen-bond acceptors (Lipinski definition) is 2. The van der Waals surface area contributed by atoms with E-state index >= 15 is 0 Å². The predicted molar refractivity (Wildman–Crippen MR) is 57.6 cm³/mol. The Kier molecular flexibility index (Phi) is 3.74. The van der Waals surface area contributed by atoms with E-state index in [-0.39, 0.29) is 0 Å². The molecule has 0 saturated heterocycles. The van der Waals surface area contributed by atoms with Crippen molar-refractivity contribution in [2.45, 2.75) is 46.1 Å². The molecule has 1 rings (SSSR count). The highest BCUT2D eigenvalue weighted by Gasteiger charge is 2.39. The van der Waals surface area contributed by atoms with E-state index < -0.39 is 0 Å². The maximum atomic E-state index is 5.79. The first-order valence-corrected chi connectivity index (χ1v) is 5.56. The molecule has 13 heavy (non-hydrogen) atoms. The zero-order valence-corrected chi connectivity index (χ0v) is 9.27. The lowest BCUT2D eigenvalue weighted by atomic mass is 10.0. The van der Waals surface area contributed by atoms with Crippen molar-refractivity contribution in [3.05, 3.63) is 0 Å². The Morgan fingerprint density at radius 3 is 2.38 bits per heavy atom. The molecule has 1 saturated carbocycles. The van der Waals surface area contributed by atoms with Crippen LogP contribution in [0.25, 0.3) is 0 Å². The van der Waals surface area contributed by atoms with Crippen LogP contribution in [0.2, 0.25) is 0 Å². The maximum Gasteiger partial charge on any atom is 0.00482 e. The van der Waals surface area contributed by atoms with Crippen LogP contribution in [0, 0.1) is 11.3 Å². The molecule has 78 valence electrons. The van der Waals surface area contributed by atoms with Crippen molar-refractivity contribution in [3.63, 3.8) is 0 Å². The molecular formula is C11H24N2. The molecule has 2 heteroatoms. The third kappa shape index (κ3) is 3.28. The monoisotopic (exact) mass is 184 g/mol. The summed E-state index contributed by atoms with van der Waals surface area (Å²) >= 11 is 0. The van der Waals surface area contributed by atoms with Gasteiger partial charge in [0.1, 0.15) is 0 Å². The minimum Gasteiger partial charge on any atom is -0.328 e. The van der Waals surface area contributed by atoms with E-state index in [1.807, 2.05) is 0 Å². The highest BCUT2D eigenvalue weighted by molar-refractivity contribution is 4.93. The molecule has 2 unspecified atom stereocenters. The van der Waals surface area contributed by atoms with Crippen LogP contribution >= 0.6 is 0 Å². The molecule has 3 N–H and O–H groups in total. The van der Waals surface area contributed by atoms with Crippen molar-refractivity contribution < 1.29 is 0 Å². The Labute approximate surface area is 82.3 Å². The lowest BCUT2D eigenvalue weighted by Gasteiger charge is -2.19. The first-order valence-electron chi connectivity index (χ1n) is 5.56. The lowest BCUT2D eigenvalue weighted by Crippen LogP contribution is -2.35. The summed E-state index contributed by atoms with van der Waals surface area (Å²) < 4.78 is 0. The Morgan fingerprint density at radius 2 is 2.00 bits per heavy atom. The fourth-order valence-electron chi connectivity index (χ4n) is 1.58. The van der Waals surface area contributed by atoms with Crippen LogP contribution in [0.1, 0.15) is 40.0 Å². The molecule has 0 amide bonds. The van der Waals surface area contributed by atoms with Gasteiger partial charge < -0.3 is 11.1 Å². The average molecular weight is 184 g/mol. The van der Waals surface area contributed by atoms with Crippen LogP contribution in [0.15, 0.2) is 0 Å². The second-order valence-electron chi connectivity index (χ2n) is 4.82. The first kappa shape index (κ1) is 11.0. The van der Waals surface area contributed by atoms with Gasteiger partial charge in [-0.3, -0.25) is 0 Å². The van der Waals surface area contributed by atoms with Gasteiger partial charge in [-0.2, -0.15) is 0 Å². The molecule has 0 aromatic heterocycles. The molecule has 0 radical (unpaired) electrons. The minimum absolute atomic E-state index is 0.310. The van der Waals surface area contributed by atoms with E-state index in [1.165, 1.54) is 25.8 Å². The molecule has 1 aliphatic rings. The van der Waals surface area contributed by atoms with Crippen molar-refractivity contribution in [1.29, 1.82) is 0 Å². The Balaban J connectivity index is 2.07. The number of rotatable bonds is 6. The van der Waals surface area contributed by atoms with Crippen molar-refractivity contribution in [2.24, 2.45) is 17.1 Å². The maximum absolute atomic E-state index is 5.79. The van der Waals surface area contributed by atoms with Crippen LogP contribution in [0.5, 0.6) is 0 Å². The fraction of sp³-hybridized carbons (Fsp3) is 1.00. The van der Waals surface area contributed by atoms with E-state index in [4.69, 9.17) is 5.73 Å². The molecule has 2 atom stereocenters. The van der Waals surface area contributed by atoms with Crippen LogP contribution in [-0.2, 0) is 0 Å². The number of nitrogens with two attached hydrogens (primary N) is 1. The topological polar surface area (TPSA) is 38.0 Å². The molecule has 0 bridgehead atoms. The van der Waals surface area contributed by atoms with Crippen LogP contribution in [0.3, 0.4) is 0 Å². The Morgan fingerprint density at radius 1 is 1.38 bits per heavy atom. The molecule has 1 aliphatic carbocycles. The van der Waals surface area contributed by atoms with Gasteiger partial charge in [0, 0.05) is 12.6 Å². The molecule has 0 heterocycles. The van der Waals surface area contributed by atoms with E-state index in [0.717, 1.165) is 6.54 Å². The highest BCUT2D eigenvalue weighted by atomic mass is 14.9. The van der Waals surface area contributed by atoms with E-state index in [1.54, 1.807) is 0 Å². The number of hydrogen-bond donors (Lipinski definition) is 2. The first-order chi connectivity index (χ1) is 6.09. The standard InChI is InChI=1S/C11H24N2/c1-4-11(5-6-11)8-13-7-9(2)10(3)12/h9-10,13H,4-8,12H2,1-3H3. The van der Waals surface area contributed by atoms with E-state index in [2.05, 4.69) is 26.1 Å². The summed E-state index contributed by atoms with van der Waals surface area (Å²) in [5, 5.41) is 3.54. The third-order valence-corrected chi connectivity index (χ3v) is 3.57. The zero-order chi connectivity index (χ0) is 9.90. The van der Waals surface area contributed by atoms with Crippen LogP contribution < -0.4 is 11.1 Å². The average Bonchev–Trinajstić information content (AvgIpc) is 2.85. The van der Waals surface area contributed by atoms with Crippen LogP contribution in [0.4, 0.5) is 0 Å². The summed E-state index contributed by atoms with van der Waals surface area (Å²) in [5.41, 5.74) is 6.46. The Bertz CT molecular complexity index is 150. The quantitative estimate of drug-likeness (QED) is 0.660.